The average Bonchev–Trinajstić information content (AvgIpc) is 2.62. The van der Waals surface area contributed by atoms with Gasteiger partial charge in [-0.25, -0.2) is 9.97 Å². The van der Waals surface area contributed by atoms with Crippen molar-refractivity contribution in [1.29, 1.82) is 0 Å². The highest BCUT2D eigenvalue weighted by Gasteiger charge is 2.21. The van der Waals surface area contributed by atoms with Crippen LogP contribution in [0.3, 0.4) is 0 Å². The fraction of sp³-hybridized carbons (Fsp3) is 0.421. The number of benzene rings is 1. The van der Waals surface area contributed by atoms with E-state index >= 15 is 0 Å². The second-order valence-corrected chi connectivity index (χ2v) is 6.78. The molecule has 25 heavy (non-hydrogen) atoms. The van der Waals surface area contributed by atoms with Gasteiger partial charge in [-0.1, -0.05) is 30.7 Å². The number of nitrogens with one attached hydrogen (secondary N) is 1. The van der Waals surface area contributed by atoms with Gasteiger partial charge in [0.05, 0.1) is 23.0 Å². The monoisotopic (exact) mass is 358 g/mol. The molecule has 1 aromatic heterocycles. The average molecular weight is 359 g/mol. The summed E-state index contributed by atoms with van der Waals surface area (Å²) in [6.45, 7) is 6.48. The second kappa shape index (κ2) is 7.40. The predicted octanol–water partition coefficient (Wildman–Crippen LogP) is 4.16. The third kappa shape index (κ3) is 3.76. The molecule has 1 atom stereocenters. The van der Waals surface area contributed by atoms with Gasteiger partial charge in [0, 0.05) is 19.2 Å². The lowest BCUT2D eigenvalue weighted by atomic mass is 9.97. The zero-order valence-electron chi connectivity index (χ0n) is 14.8. The Balaban J connectivity index is 1.84. The van der Waals surface area contributed by atoms with E-state index in [-0.39, 0.29) is 11.9 Å². The SMILES string of the molecule is CCc1nc(NC(C)c2ccc3c(c2)N(C(C)=O)CCC3)ncc1Cl. The lowest BCUT2D eigenvalue weighted by Crippen LogP contribution is -2.33. The Morgan fingerprint density at radius 3 is 2.96 bits per heavy atom. The summed E-state index contributed by atoms with van der Waals surface area (Å²) in [5.41, 5.74) is 4.19. The molecule has 1 amide bonds. The summed E-state index contributed by atoms with van der Waals surface area (Å²) in [6.07, 6.45) is 4.42. The molecule has 0 saturated heterocycles. The van der Waals surface area contributed by atoms with E-state index in [1.165, 1.54) is 5.56 Å². The van der Waals surface area contributed by atoms with Gasteiger partial charge in [-0.2, -0.15) is 0 Å². The number of hydrogen-bond donors (Lipinski definition) is 1. The van der Waals surface area contributed by atoms with Crippen molar-refractivity contribution in [3.8, 4) is 0 Å². The van der Waals surface area contributed by atoms with Gasteiger partial charge in [-0.3, -0.25) is 4.79 Å². The normalized spacial score (nSPS) is 14.8. The van der Waals surface area contributed by atoms with Crippen molar-refractivity contribution in [2.75, 3.05) is 16.8 Å². The number of amides is 1. The number of fused-ring (bicyclic) bond motifs is 1. The van der Waals surface area contributed by atoms with Crippen molar-refractivity contribution in [2.45, 2.75) is 46.1 Å². The van der Waals surface area contributed by atoms with Crippen molar-refractivity contribution in [3.63, 3.8) is 0 Å². The van der Waals surface area contributed by atoms with Gasteiger partial charge in [-0.05, 0) is 43.4 Å². The molecule has 1 aliphatic heterocycles. The van der Waals surface area contributed by atoms with Gasteiger partial charge >= 0.3 is 0 Å². The maximum absolute atomic E-state index is 11.9. The number of aryl methyl sites for hydroxylation is 2. The Labute approximate surface area is 153 Å². The molecule has 0 fully saturated rings. The van der Waals surface area contributed by atoms with E-state index in [0.717, 1.165) is 42.8 Å². The maximum Gasteiger partial charge on any atom is 0.223 e. The number of carbonyl (C=O) groups excluding carboxylic acids is 1. The summed E-state index contributed by atoms with van der Waals surface area (Å²) in [4.78, 5) is 22.5. The van der Waals surface area contributed by atoms with Crippen molar-refractivity contribution < 1.29 is 4.79 Å². The zero-order valence-corrected chi connectivity index (χ0v) is 15.6. The topological polar surface area (TPSA) is 58.1 Å². The smallest absolute Gasteiger partial charge is 0.223 e. The van der Waals surface area contributed by atoms with Crippen LogP contribution in [0, 0.1) is 0 Å². The Bertz CT molecular complexity index is 793. The molecule has 0 radical (unpaired) electrons. The fourth-order valence-electron chi connectivity index (χ4n) is 3.18. The molecule has 1 aromatic carbocycles. The molecule has 1 unspecified atom stereocenters. The number of carbonyl (C=O) groups is 1. The Hall–Kier alpha value is -2.14. The number of aromatic nitrogens is 2. The number of nitrogens with zero attached hydrogens (tertiary/aromatic N) is 3. The number of hydrogen-bond acceptors (Lipinski definition) is 4. The first-order valence-electron chi connectivity index (χ1n) is 8.68. The van der Waals surface area contributed by atoms with E-state index in [1.807, 2.05) is 11.8 Å². The van der Waals surface area contributed by atoms with Crippen LogP contribution in [-0.4, -0.2) is 22.4 Å². The molecule has 2 aromatic rings. The summed E-state index contributed by atoms with van der Waals surface area (Å²) in [5, 5.41) is 3.92. The van der Waals surface area contributed by atoms with Crippen LogP contribution in [0.1, 0.15) is 50.1 Å². The minimum Gasteiger partial charge on any atom is -0.348 e. The number of anilines is 2. The van der Waals surface area contributed by atoms with Gasteiger partial charge in [0.2, 0.25) is 11.9 Å². The molecule has 132 valence electrons. The highest BCUT2D eigenvalue weighted by molar-refractivity contribution is 6.31. The second-order valence-electron chi connectivity index (χ2n) is 6.37. The van der Waals surface area contributed by atoms with Gasteiger partial charge in [-0.15, -0.1) is 0 Å². The standard InChI is InChI=1S/C19H23ClN4O/c1-4-17-16(20)11-21-19(23-17)22-12(2)15-8-7-14-6-5-9-24(13(3)25)18(14)10-15/h7-8,10-12H,4-6,9H2,1-3H3,(H,21,22,23). The van der Waals surface area contributed by atoms with Gasteiger partial charge < -0.3 is 10.2 Å². The first-order valence-corrected chi connectivity index (χ1v) is 9.06. The number of rotatable bonds is 4. The van der Waals surface area contributed by atoms with E-state index in [2.05, 4.69) is 40.4 Å². The summed E-state index contributed by atoms with van der Waals surface area (Å²) >= 11 is 6.08. The molecular weight excluding hydrogens is 336 g/mol. The first-order chi connectivity index (χ1) is 12.0. The van der Waals surface area contributed by atoms with Crippen LogP contribution in [0.5, 0.6) is 0 Å². The fourth-order valence-corrected chi connectivity index (χ4v) is 3.41. The first kappa shape index (κ1) is 17.7. The van der Waals surface area contributed by atoms with Gasteiger partial charge in [0.25, 0.3) is 0 Å². The van der Waals surface area contributed by atoms with E-state index in [4.69, 9.17) is 11.6 Å². The van der Waals surface area contributed by atoms with Crippen molar-refractivity contribution in [3.05, 3.63) is 46.2 Å². The Kier molecular flexibility index (Phi) is 5.23. The van der Waals surface area contributed by atoms with Crippen molar-refractivity contribution in [2.24, 2.45) is 0 Å². The highest BCUT2D eigenvalue weighted by Crippen LogP contribution is 2.31. The molecule has 0 saturated carbocycles. The summed E-state index contributed by atoms with van der Waals surface area (Å²) in [5.74, 6) is 0.655. The molecule has 1 aliphatic rings. The quantitative estimate of drug-likeness (QED) is 0.891. The Morgan fingerprint density at radius 2 is 2.24 bits per heavy atom. The third-order valence-electron chi connectivity index (χ3n) is 4.61. The van der Waals surface area contributed by atoms with Crippen LogP contribution in [0.15, 0.2) is 24.4 Å². The minimum absolute atomic E-state index is 0.0203. The third-order valence-corrected chi connectivity index (χ3v) is 4.92. The molecule has 0 spiro atoms. The predicted molar refractivity (Wildman–Crippen MR) is 101 cm³/mol. The van der Waals surface area contributed by atoms with Crippen LogP contribution in [0.25, 0.3) is 0 Å². The van der Waals surface area contributed by atoms with Crippen LogP contribution in [0.2, 0.25) is 5.02 Å². The molecule has 3 rings (SSSR count). The lowest BCUT2D eigenvalue weighted by molar-refractivity contribution is -0.116. The van der Waals surface area contributed by atoms with Crippen LogP contribution < -0.4 is 10.2 Å². The van der Waals surface area contributed by atoms with E-state index in [0.29, 0.717) is 11.0 Å². The minimum atomic E-state index is 0.0203. The molecule has 6 heteroatoms. The van der Waals surface area contributed by atoms with Crippen LogP contribution >= 0.6 is 11.6 Å². The molecule has 0 aliphatic carbocycles. The van der Waals surface area contributed by atoms with E-state index in [9.17, 15) is 4.79 Å². The molecule has 1 N–H and O–H groups in total. The van der Waals surface area contributed by atoms with Crippen molar-refractivity contribution >= 4 is 29.1 Å². The maximum atomic E-state index is 11.9. The zero-order chi connectivity index (χ0) is 18.0. The van der Waals surface area contributed by atoms with Crippen molar-refractivity contribution in [1.82, 2.24) is 9.97 Å². The largest absolute Gasteiger partial charge is 0.348 e. The molecule has 5 nitrogen and oxygen atoms in total. The molecule has 2 heterocycles. The summed E-state index contributed by atoms with van der Waals surface area (Å²) < 4.78 is 0. The van der Waals surface area contributed by atoms with Gasteiger partial charge in [0.1, 0.15) is 0 Å². The van der Waals surface area contributed by atoms with E-state index < -0.39 is 0 Å². The molecular formula is C19H23ClN4O. The lowest BCUT2D eigenvalue weighted by Gasteiger charge is -2.29. The molecule has 0 bridgehead atoms. The summed E-state index contributed by atoms with van der Waals surface area (Å²) in [6, 6.07) is 6.35. The van der Waals surface area contributed by atoms with Crippen LogP contribution in [-0.2, 0) is 17.6 Å². The van der Waals surface area contributed by atoms with Gasteiger partial charge in [0.15, 0.2) is 0 Å². The van der Waals surface area contributed by atoms with Crippen LogP contribution in [0.4, 0.5) is 11.6 Å². The Morgan fingerprint density at radius 1 is 1.44 bits per heavy atom. The highest BCUT2D eigenvalue weighted by atomic mass is 35.5. The van der Waals surface area contributed by atoms with E-state index in [1.54, 1.807) is 13.1 Å². The summed E-state index contributed by atoms with van der Waals surface area (Å²) in [7, 11) is 0. The number of halogens is 1.